The Kier molecular flexibility index (Phi) is 3.82. The summed E-state index contributed by atoms with van der Waals surface area (Å²) in [4.78, 5) is 4.32. The first-order chi connectivity index (χ1) is 9.33. The smallest absolute Gasteiger partial charge is 0.0981 e. The Morgan fingerprint density at radius 3 is 3.11 bits per heavy atom. The van der Waals surface area contributed by atoms with Gasteiger partial charge in [-0.15, -0.1) is 0 Å². The number of anilines is 1. The highest BCUT2D eigenvalue weighted by molar-refractivity contribution is 6.31. The molecule has 5 heteroatoms. The number of halogens is 1. The predicted molar refractivity (Wildman–Crippen MR) is 75.8 cm³/mol. The lowest BCUT2D eigenvalue weighted by Crippen LogP contribution is -2.34. The molecule has 19 heavy (non-hydrogen) atoms. The summed E-state index contributed by atoms with van der Waals surface area (Å²) in [5.41, 5.74) is 1.93. The lowest BCUT2D eigenvalue weighted by atomic mass is 10.2. The van der Waals surface area contributed by atoms with Crippen LogP contribution in [0.4, 0.5) is 5.69 Å². The van der Waals surface area contributed by atoms with E-state index in [1.54, 1.807) is 6.20 Å². The number of nitrogens with zero attached hydrogens (tertiary/aromatic N) is 1. The van der Waals surface area contributed by atoms with E-state index < -0.39 is 0 Å². The Bertz CT molecular complexity index is 570. The quantitative estimate of drug-likeness (QED) is 0.937. The second-order valence-corrected chi connectivity index (χ2v) is 4.91. The molecule has 1 aliphatic heterocycles. The fourth-order valence-corrected chi connectivity index (χ4v) is 2.32. The zero-order valence-corrected chi connectivity index (χ0v) is 11.2. The maximum atomic E-state index is 5.97. The second kappa shape index (κ2) is 5.74. The molecule has 1 aromatic carbocycles. The number of hydrogen-bond acceptors (Lipinski definition) is 4. The lowest BCUT2D eigenvalue weighted by molar-refractivity contribution is -0.0818. The molecule has 0 saturated carbocycles. The number of aromatic nitrogens is 1. The van der Waals surface area contributed by atoms with Crippen molar-refractivity contribution in [3.05, 3.63) is 35.5 Å². The summed E-state index contributed by atoms with van der Waals surface area (Å²) in [6.45, 7) is 2.72. The molecule has 1 aromatic heterocycles. The summed E-state index contributed by atoms with van der Waals surface area (Å²) in [5, 5.41) is 5.14. The number of fused-ring (bicyclic) bond motifs is 1. The van der Waals surface area contributed by atoms with Crippen LogP contribution in [0.1, 0.15) is 0 Å². The molecule has 1 N–H and O–H groups in total. The molecule has 3 rings (SSSR count). The summed E-state index contributed by atoms with van der Waals surface area (Å²) in [6, 6.07) is 7.67. The van der Waals surface area contributed by atoms with E-state index in [9.17, 15) is 0 Å². The van der Waals surface area contributed by atoms with Crippen LogP contribution in [-0.4, -0.2) is 37.5 Å². The van der Waals surface area contributed by atoms with E-state index in [1.165, 1.54) is 0 Å². The summed E-state index contributed by atoms with van der Waals surface area (Å²) in [6.07, 6.45) is 1.88. The minimum atomic E-state index is 0.101. The Morgan fingerprint density at radius 2 is 2.26 bits per heavy atom. The highest BCUT2D eigenvalue weighted by Gasteiger charge is 2.14. The van der Waals surface area contributed by atoms with Crippen LogP contribution in [0.5, 0.6) is 0 Å². The number of ether oxygens (including phenoxy) is 2. The Morgan fingerprint density at radius 1 is 1.32 bits per heavy atom. The monoisotopic (exact) mass is 278 g/mol. The number of nitrogens with one attached hydrogen (secondary N) is 1. The van der Waals surface area contributed by atoms with Gasteiger partial charge < -0.3 is 14.8 Å². The van der Waals surface area contributed by atoms with E-state index in [0.717, 1.165) is 23.1 Å². The Balaban J connectivity index is 1.76. The molecule has 0 aliphatic carbocycles. The van der Waals surface area contributed by atoms with Gasteiger partial charge in [-0.3, -0.25) is 4.98 Å². The number of pyridine rings is 1. The topological polar surface area (TPSA) is 43.4 Å². The summed E-state index contributed by atoms with van der Waals surface area (Å²) in [7, 11) is 0. The molecule has 1 atom stereocenters. The molecule has 1 aliphatic rings. The molecule has 0 radical (unpaired) electrons. The second-order valence-electron chi connectivity index (χ2n) is 4.47. The van der Waals surface area contributed by atoms with Gasteiger partial charge in [0.25, 0.3) is 0 Å². The van der Waals surface area contributed by atoms with Gasteiger partial charge in [-0.1, -0.05) is 11.6 Å². The molecular formula is C14H15ClN2O2. The molecule has 100 valence electrons. The largest absolute Gasteiger partial charge is 0.382 e. The SMILES string of the molecule is Clc1ccc2c(NCC3COCCO3)ccnc2c1. The third-order valence-corrected chi connectivity index (χ3v) is 3.35. The Labute approximate surface area is 116 Å². The maximum Gasteiger partial charge on any atom is 0.0981 e. The van der Waals surface area contributed by atoms with Crippen LogP contribution in [0.15, 0.2) is 30.5 Å². The average molecular weight is 279 g/mol. The van der Waals surface area contributed by atoms with Crippen LogP contribution in [0.2, 0.25) is 5.02 Å². The zero-order valence-electron chi connectivity index (χ0n) is 10.4. The van der Waals surface area contributed by atoms with E-state index in [4.69, 9.17) is 21.1 Å². The lowest BCUT2D eigenvalue weighted by Gasteiger charge is -2.23. The van der Waals surface area contributed by atoms with Gasteiger partial charge >= 0.3 is 0 Å². The average Bonchev–Trinajstić information content (AvgIpc) is 2.45. The van der Waals surface area contributed by atoms with Crippen LogP contribution in [-0.2, 0) is 9.47 Å². The van der Waals surface area contributed by atoms with Crippen molar-refractivity contribution in [2.24, 2.45) is 0 Å². The van der Waals surface area contributed by atoms with Crippen LogP contribution in [0.3, 0.4) is 0 Å². The van der Waals surface area contributed by atoms with Crippen molar-refractivity contribution in [2.75, 3.05) is 31.7 Å². The standard InChI is InChI=1S/C14H15ClN2O2/c15-10-1-2-12-13(3-4-16-14(12)7-10)17-8-11-9-18-5-6-19-11/h1-4,7,11H,5-6,8-9H2,(H,16,17). The third kappa shape index (κ3) is 2.97. The van der Waals surface area contributed by atoms with E-state index in [-0.39, 0.29) is 6.10 Å². The fraction of sp³-hybridized carbons (Fsp3) is 0.357. The molecule has 0 bridgehead atoms. The molecular weight excluding hydrogens is 264 g/mol. The van der Waals surface area contributed by atoms with Crippen molar-refractivity contribution in [1.29, 1.82) is 0 Å². The summed E-state index contributed by atoms with van der Waals surface area (Å²) < 4.78 is 11.0. The van der Waals surface area contributed by atoms with E-state index in [1.807, 2.05) is 24.3 Å². The normalized spacial score (nSPS) is 19.5. The van der Waals surface area contributed by atoms with E-state index >= 15 is 0 Å². The van der Waals surface area contributed by atoms with Gasteiger partial charge in [-0.25, -0.2) is 0 Å². The molecule has 1 saturated heterocycles. The first kappa shape index (κ1) is 12.7. The highest BCUT2D eigenvalue weighted by atomic mass is 35.5. The van der Waals surface area contributed by atoms with Gasteiger partial charge in [0.1, 0.15) is 0 Å². The molecule has 2 aromatic rings. The maximum absolute atomic E-state index is 5.97. The summed E-state index contributed by atoms with van der Waals surface area (Å²) >= 11 is 5.97. The fourth-order valence-electron chi connectivity index (χ4n) is 2.15. The molecule has 2 heterocycles. The van der Waals surface area contributed by atoms with Crippen LogP contribution >= 0.6 is 11.6 Å². The number of rotatable bonds is 3. The van der Waals surface area contributed by atoms with Crippen LogP contribution in [0.25, 0.3) is 10.9 Å². The molecule has 0 spiro atoms. The van der Waals surface area contributed by atoms with Gasteiger partial charge in [0.15, 0.2) is 0 Å². The van der Waals surface area contributed by atoms with Crippen molar-refractivity contribution in [1.82, 2.24) is 4.98 Å². The van der Waals surface area contributed by atoms with Crippen molar-refractivity contribution in [2.45, 2.75) is 6.10 Å². The van der Waals surface area contributed by atoms with Gasteiger partial charge in [-0.05, 0) is 24.3 Å². The minimum Gasteiger partial charge on any atom is -0.382 e. The minimum absolute atomic E-state index is 0.101. The van der Waals surface area contributed by atoms with Gasteiger partial charge in [0.2, 0.25) is 0 Å². The van der Waals surface area contributed by atoms with Crippen molar-refractivity contribution in [3.63, 3.8) is 0 Å². The number of benzene rings is 1. The van der Waals surface area contributed by atoms with Gasteiger partial charge in [0, 0.05) is 28.8 Å². The van der Waals surface area contributed by atoms with Crippen LogP contribution in [0, 0.1) is 0 Å². The van der Waals surface area contributed by atoms with Crippen LogP contribution < -0.4 is 5.32 Å². The Hall–Kier alpha value is -1.36. The van der Waals surface area contributed by atoms with E-state index in [0.29, 0.717) is 24.8 Å². The summed E-state index contributed by atoms with van der Waals surface area (Å²) in [5.74, 6) is 0. The van der Waals surface area contributed by atoms with E-state index in [2.05, 4.69) is 10.3 Å². The third-order valence-electron chi connectivity index (χ3n) is 3.11. The zero-order chi connectivity index (χ0) is 13.1. The van der Waals surface area contributed by atoms with Crippen molar-refractivity contribution < 1.29 is 9.47 Å². The number of hydrogen-bond donors (Lipinski definition) is 1. The van der Waals surface area contributed by atoms with Gasteiger partial charge in [0.05, 0.1) is 31.4 Å². The molecule has 0 amide bonds. The predicted octanol–water partition coefficient (Wildman–Crippen LogP) is 2.72. The first-order valence-corrected chi connectivity index (χ1v) is 6.68. The highest BCUT2D eigenvalue weighted by Crippen LogP contribution is 2.24. The van der Waals surface area contributed by atoms with Crippen molar-refractivity contribution >= 4 is 28.2 Å². The first-order valence-electron chi connectivity index (χ1n) is 6.30. The molecule has 4 nitrogen and oxygen atoms in total. The molecule has 1 fully saturated rings. The van der Waals surface area contributed by atoms with Crippen molar-refractivity contribution in [3.8, 4) is 0 Å². The molecule has 1 unspecified atom stereocenters. The van der Waals surface area contributed by atoms with Gasteiger partial charge in [-0.2, -0.15) is 0 Å².